The molecule has 74 valence electrons. The van der Waals surface area contributed by atoms with Gasteiger partial charge >= 0.3 is 5.97 Å². The van der Waals surface area contributed by atoms with Gasteiger partial charge in [-0.1, -0.05) is 6.42 Å². The van der Waals surface area contributed by atoms with Gasteiger partial charge in [-0.15, -0.1) is 11.6 Å². The zero-order valence-corrected chi connectivity index (χ0v) is 8.55. The van der Waals surface area contributed by atoms with E-state index < -0.39 is 11.4 Å². The summed E-state index contributed by atoms with van der Waals surface area (Å²) >= 11 is 6.25. The fraction of sp³-hybridized carbons (Fsp3) is 0.900. The molecule has 0 spiro atoms. The lowest BCUT2D eigenvalue weighted by molar-refractivity contribution is -0.150. The van der Waals surface area contributed by atoms with Crippen LogP contribution >= 0.6 is 11.6 Å². The summed E-state index contributed by atoms with van der Waals surface area (Å²) in [4.78, 5) is 11.2. The van der Waals surface area contributed by atoms with Crippen molar-refractivity contribution in [3.05, 3.63) is 0 Å². The molecule has 0 heterocycles. The number of hydrogen-bond acceptors (Lipinski definition) is 1. The summed E-state index contributed by atoms with van der Waals surface area (Å²) < 4.78 is 0. The van der Waals surface area contributed by atoms with Crippen LogP contribution in [0.25, 0.3) is 0 Å². The van der Waals surface area contributed by atoms with Gasteiger partial charge in [0, 0.05) is 5.38 Å². The number of halogens is 1. The van der Waals surface area contributed by atoms with E-state index in [1.165, 1.54) is 0 Å². The first-order valence-corrected chi connectivity index (χ1v) is 5.37. The smallest absolute Gasteiger partial charge is 0.309 e. The van der Waals surface area contributed by atoms with Crippen molar-refractivity contribution in [2.45, 2.75) is 38.0 Å². The van der Waals surface area contributed by atoms with E-state index in [0.717, 1.165) is 25.7 Å². The number of hydrogen-bond donors (Lipinski definition) is 1. The van der Waals surface area contributed by atoms with E-state index in [-0.39, 0.29) is 11.3 Å². The highest BCUT2D eigenvalue weighted by Gasteiger charge is 2.55. The lowest BCUT2D eigenvalue weighted by Gasteiger charge is -2.29. The number of carboxylic acid groups (broad SMARTS) is 1. The molecular weight excluding hydrogens is 188 g/mol. The summed E-state index contributed by atoms with van der Waals surface area (Å²) in [5.74, 6) is -0.0144. The Morgan fingerprint density at radius 2 is 2.23 bits per heavy atom. The van der Waals surface area contributed by atoms with Crippen molar-refractivity contribution in [3.63, 3.8) is 0 Å². The molecule has 0 aliphatic heterocycles. The van der Waals surface area contributed by atoms with Gasteiger partial charge in [0.25, 0.3) is 0 Å². The van der Waals surface area contributed by atoms with Crippen molar-refractivity contribution < 1.29 is 9.90 Å². The average molecular weight is 203 g/mol. The molecule has 0 aromatic heterocycles. The van der Waals surface area contributed by atoms with E-state index in [9.17, 15) is 9.90 Å². The summed E-state index contributed by atoms with van der Waals surface area (Å²) in [6.07, 6.45) is 4.05. The highest BCUT2D eigenvalue weighted by molar-refractivity contribution is 6.21. The Labute approximate surface area is 83.3 Å². The summed E-state index contributed by atoms with van der Waals surface area (Å²) in [5.41, 5.74) is -0.548. The molecule has 0 saturated heterocycles. The minimum Gasteiger partial charge on any atom is -0.481 e. The molecule has 0 aromatic carbocycles. The molecule has 2 saturated carbocycles. The van der Waals surface area contributed by atoms with Crippen LogP contribution in [-0.2, 0) is 4.79 Å². The van der Waals surface area contributed by atoms with Crippen LogP contribution in [0.15, 0.2) is 0 Å². The van der Waals surface area contributed by atoms with E-state index in [1.54, 1.807) is 0 Å². The predicted molar refractivity (Wildman–Crippen MR) is 50.8 cm³/mol. The first-order valence-electron chi connectivity index (χ1n) is 4.93. The van der Waals surface area contributed by atoms with Gasteiger partial charge in [0.2, 0.25) is 0 Å². The third-order valence-electron chi connectivity index (χ3n) is 3.92. The summed E-state index contributed by atoms with van der Waals surface area (Å²) in [7, 11) is 0. The van der Waals surface area contributed by atoms with Crippen LogP contribution in [0.4, 0.5) is 0 Å². The van der Waals surface area contributed by atoms with Crippen molar-refractivity contribution in [2.75, 3.05) is 0 Å². The molecular formula is C10H15ClO2. The van der Waals surface area contributed by atoms with Crippen LogP contribution in [0.1, 0.15) is 32.6 Å². The van der Waals surface area contributed by atoms with E-state index in [1.807, 2.05) is 6.92 Å². The molecule has 2 aliphatic rings. The van der Waals surface area contributed by atoms with Gasteiger partial charge in [-0.3, -0.25) is 4.79 Å². The first kappa shape index (κ1) is 9.32. The quantitative estimate of drug-likeness (QED) is 0.664. The molecule has 13 heavy (non-hydrogen) atoms. The Bertz CT molecular complexity index is 241. The third-order valence-corrected chi connectivity index (χ3v) is 4.58. The van der Waals surface area contributed by atoms with Crippen molar-refractivity contribution in [3.8, 4) is 0 Å². The van der Waals surface area contributed by atoms with E-state index in [4.69, 9.17) is 11.6 Å². The van der Waals surface area contributed by atoms with Crippen LogP contribution < -0.4 is 0 Å². The normalized spacial score (nSPS) is 49.2. The van der Waals surface area contributed by atoms with Crippen LogP contribution in [0.2, 0.25) is 0 Å². The summed E-state index contributed by atoms with van der Waals surface area (Å²) in [5, 5.41) is 9.29. The zero-order valence-electron chi connectivity index (χ0n) is 7.79. The second kappa shape index (κ2) is 2.88. The van der Waals surface area contributed by atoms with Gasteiger partial charge in [0.05, 0.1) is 5.41 Å². The molecule has 2 fully saturated rings. The number of aliphatic carboxylic acids is 1. The molecule has 0 amide bonds. The summed E-state index contributed by atoms with van der Waals surface area (Å²) in [6.45, 7) is 1.86. The van der Waals surface area contributed by atoms with Crippen molar-refractivity contribution in [1.82, 2.24) is 0 Å². The molecule has 1 N–H and O–H groups in total. The molecule has 0 radical (unpaired) electrons. The molecule has 0 aromatic rings. The molecule has 2 bridgehead atoms. The van der Waals surface area contributed by atoms with Crippen LogP contribution in [0, 0.1) is 17.3 Å². The maximum absolute atomic E-state index is 11.2. The van der Waals surface area contributed by atoms with Crippen molar-refractivity contribution in [1.29, 1.82) is 0 Å². The number of fused-ring (bicyclic) bond motifs is 2. The predicted octanol–water partition coefficient (Wildman–Crippen LogP) is 2.50. The van der Waals surface area contributed by atoms with Gasteiger partial charge in [-0.25, -0.2) is 0 Å². The van der Waals surface area contributed by atoms with Gasteiger partial charge < -0.3 is 5.11 Å². The highest BCUT2D eigenvalue weighted by atomic mass is 35.5. The van der Waals surface area contributed by atoms with Gasteiger partial charge in [0.15, 0.2) is 0 Å². The topological polar surface area (TPSA) is 37.3 Å². The van der Waals surface area contributed by atoms with Gasteiger partial charge in [-0.05, 0) is 38.0 Å². The number of carboxylic acids is 1. The molecule has 4 unspecified atom stereocenters. The van der Waals surface area contributed by atoms with E-state index >= 15 is 0 Å². The van der Waals surface area contributed by atoms with Crippen LogP contribution in [0.3, 0.4) is 0 Å². The zero-order chi connectivity index (χ0) is 9.64. The van der Waals surface area contributed by atoms with Crippen LogP contribution in [0.5, 0.6) is 0 Å². The minimum atomic E-state index is -0.660. The fourth-order valence-corrected chi connectivity index (χ4v) is 3.69. The Kier molecular flexibility index (Phi) is 2.06. The molecule has 3 heteroatoms. The Morgan fingerprint density at radius 1 is 1.54 bits per heavy atom. The number of alkyl halides is 1. The summed E-state index contributed by atoms with van der Waals surface area (Å²) in [6, 6.07) is 0. The largest absolute Gasteiger partial charge is 0.481 e. The molecule has 4 atom stereocenters. The van der Waals surface area contributed by atoms with Gasteiger partial charge in [-0.2, -0.15) is 0 Å². The molecule has 2 nitrogen and oxygen atoms in total. The monoisotopic (exact) mass is 202 g/mol. The maximum atomic E-state index is 11.2. The Hall–Kier alpha value is -0.240. The standard InChI is InChI=1S/C10H15ClO2/c1-10(9(12)13)5-6-3-2-4-7(10)8(6)11/h6-8H,2-5H2,1H3,(H,12,13). The Balaban J connectivity index is 2.29. The average Bonchev–Trinajstić information content (AvgIpc) is 2.26. The maximum Gasteiger partial charge on any atom is 0.309 e. The lowest BCUT2D eigenvalue weighted by atomic mass is 9.77. The fourth-order valence-electron chi connectivity index (χ4n) is 3.07. The third kappa shape index (κ3) is 1.18. The van der Waals surface area contributed by atoms with Crippen molar-refractivity contribution >= 4 is 17.6 Å². The second-order valence-electron chi connectivity index (χ2n) is 4.67. The SMILES string of the molecule is CC1(C(=O)O)CC2CCCC1C2Cl. The molecule has 2 aliphatic carbocycles. The Morgan fingerprint density at radius 3 is 2.77 bits per heavy atom. The number of carbonyl (C=O) groups is 1. The highest BCUT2D eigenvalue weighted by Crippen LogP contribution is 2.55. The van der Waals surface area contributed by atoms with Crippen LogP contribution in [-0.4, -0.2) is 16.5 Å². The molecule has 2 rings (SSSR count). The minimum absolute atomic E-state index is 0.106. The second-order valence-corrected chi connectivity index (χ2v) is 5.17. The number of rotatable bonds is 1. The first-order chi connectivity index (χ1) is 6.05. The lowest BCUT2D eigenvalue weighted by Crippen LogP contribution is -2.34. The van der Waals surface area contributed by atoms with Crippen molar-refractivity contribution in [2.24, 2.45) is 17.3 Å². The van der Waals surface area contributed by atoms with Gasteiger partial charge in [0.1, 0.15) is 0 Å². The van der Waals surface area contributed by atoms with E-state index in [0.29, 0.717) is 5.92 Å². The van der Waals surface area contributed by atoms with E-state index in [2.05, 4.69) is 0 Å².